The Kier molecular flexibility index (Phi) is 6.27. The number of halogens is 2. The number of rotatable bonds is 6. The number of carbonyl (C=O) groups is 1. The Morgan fingerprint density at radius 2 is 2.21 bits per heavy atom. The third kappa shape index (κ3) is 5.25. The lowest BCUT2D eigenvalue weighted by atomic mass is 10.2. The summed E-state index contributed by atoms with van der Waals surface area (Å²) in [6, 6.07) is 4.09. The standard InChI is InChI=1S/C12H15BrFN3O2/c13-9-7-8(4-5-10(9)14)12(18)16-6-2-1-3-11(15)17-19/h4-5,7,19H,1-3,6H2,(H2,15,17)(H,16,18). The molecule has 1 aromatic rings. The lowest BCUT2D eigenvalue weighted by molar-refractivity contribution is 0.0953. The molecule has 0 bridgehead atoms. The van der Waals surface area contributed by atoms with Crippen LogP contribution in [0.5, 0.6) is 0 Å². The number of carbonyl (C=O) groups excluding carboxylic acids is 1. The van der Waals surface area contributed by atoms with Crippen molar-refractivity contribution < 1.29 is 14.4 Å². The number of benzene rings is 1. The normalized spacial score (nSPS) is 11.4. The number of hydrogen-bond acceptors (Lipinski definition) is 3. The van der Waals surface area contributed by atoms with Crippen molar-refractivity contribution in [3.05, 3.63) is 34.1 Å². The number of nitrogens with zero attached hydrogens (tertiary/aromatic N) is 1. The van der Waals surface area contributed by atoms with Crippen molar-refractivity contribution in [3.8, 4) is 0 Å². The maximum atomic E-state index is 13.0. The molecule has 1 aromatic carbocycles. The van der Waals surface area contributed by atoms with E-state index in [-0.39, 0.29) is 16.2 Å². The van der Waals surface area contributed by atoms with Gasteiger partial charge in [-0.2, -0.15) is 0 Å². The minimum Gasteiger partial charge on any atom is -0.409 e. The summed E-state index contributed by atoms with van der Waals surface area (Å²) in [7, 11) is 0. The molecule has 1 amide bonds. The van der Waals surface area contributed by atoms with Crippen LogP contribution in [0.2, 0.25) is 0 Å². The molecule has 7 heteroatoms. The number of amides is 1. The number of hydrogen-bond donors (Lipinski definition) is 3. The summed E-state index contributed by atoms with van der Waals surface area (Å²) in [6.07, 6.45) is 1.90. The fourth-order valence-electron chi connectivity index (χ4n) is 1.42. The Morgan fingerprint density at radius 1 is 1.47 bits per heavy atom. The fraction of sp³-hybridized carbons (Fsp3) is 0.333. The van der Waals surface area contributed by atoms with Crippen LogP contribution in [0.15, 0.2) is 27.8 Å². The van der Waals surface area contributed by atoms with Gasteiger partial charge in [0.25, 0.3) is 5.91 Å². The Labute approximate surface area is 118 Å². The monoisotopic (exact) mass is 331 g/mol. The van der Waals surface area contributed by atoms with Gasteiger partial charge in [-0.15, -0.1) is 0 Å². The molecule has 0 heterocycles. The SMILES string of the molecule is N/C(CCCCNC(=O)c1ccc(F)c(Br)c1)=N/O. The molecule has 0 saturated heterocycles. The van der Waals surface area contributed by atoms with Gasteiger partial charge in [-0.25, -0.2) is 4.39 Å². The predicted octanol–water partition coefficient (Wildman–Crippen LogP) is 2.23. The highest BCUT2D eigenvalue weighted by Gasteiger charge is 2.07. The molecule has 0 unspecified atom stereocenters. The highest BCUT2D eigenvalue weighted by molar-refractivity contribution is 9.10. The van der Waals surface area contributed by atoms with Crippen molar-refractivity contribution in [1.82, 2.24) is 5.32 Å². The summed E-state index contributed by atoms with van der Waals surface area (Å²) in [5.41, 5.74) is 5.70. The number of oxime groups is 1. The Morgan fingerprint density at radius 3 is 2.84 bits per heavy atom. The van der Waals surface area contributed by atoms with E-state index >= 15 is 0 Å². The van der Waals surface area contributed by atoms with Crippen LogP contribution < -0.4 is 11.1 Å². The molecule has 5 nitrogen and oxygen atoms in total. The maximum absolute atomic E-state index is 13.0. The van der Waals surface area contributed by atoms with E-state index in [1.165, 1.54) is 18.2 Å². The molecule has 0 aliphatic rings. The van der Waals surface area contributed by atoms with Gasteiger partial charge < -0.3 is 16.3 Å². The van der Waals surface area contributed by atoms with Gasteiger partial charge in [0.2, 0.25) is 0 Å². The summed E-state index contributed by atoms with van der Waals surface area (Å²) in [6.45, 7) is 0.479. The number of nitrogens with two attached hydrogens (primary N) is 1. The number of nitrogens with one attached hydrogen (secondary N) is 1. The molecule has 0 atom stereocenters. The number of unbranched alkanes of at least 4 members (excludes halogenated alkanes) is 1. The molecule has 0 aliphatic heterocycles. The summed E-state index contributed by atoms with van der Waals surface area (Å²) in [5.74, 6) is -0.492. The highest BCUT2D eigenvalue weighted by Crippen LogP contribution is 2.16. The molecule has 0 aliphatic carbocycles. The van der Waals surface area contributed by atoms with Crippen molar-refractivity contribution in [2.24, 2.45) is 10.9 Å². The van der Waals surface area contributed by atoms with Crippen molar-refractivity contribution in [3.63, 3.8) is 0 Å². The Balaban J connectivity index is 2.33. The molecule has 0 aromatic heterocycles. The minimum atomic E-state index is -0.407. The summed E-state index contributed by atoms with van der Waals surface area (Å²) < 4.78 is 13.3. The molecule has 0 saturated carbocycles. The molecule has 1 rings (SSSR count). The lowest BCUT2D eigenvalue weighted by Crippen LogP contribution is -2.24. The van der Waals surface area contributed by atoms with Crippen LogP contribution in [-0.4, -0.2) is 23.5 Å². The van der Waals surface area contributed by atoms with Gasteiger partial charge in [-0.1, -0.05) is 5.16 Å². The van der Waals surface area contributed by atoms with Crippen LogP contribution in [0.3, 0.4) is 0 Å². The average Bonchev–Trinajstić information content (AvgIpc) is 2.40. The molecule has 0 fully saturated rings. The van der Waals surface area contributed by atoms with Crippen LogP contribution in [0.4, 0.5) is 4.39 Å². The van der Waals surface area contributed by atoms with E-state index in [9.17, 15) is 9.18 Å². The van der Waals surface area contributed by atoms with Gasteiger partial charge in [0.05, 0.1) is 4.47 Å². The molecular weight excluding hydrogens is 317 g/mol. The minimum absolute atomic E-state index is 0.175. The van der Waals surface area contributed by atoms with Gasteiger partial charge in [0.1, 0.15) is 11.7 Å². The third-order valence-electron chi connectivity index (χ3n) is 2.46. The quantitative estimate of drug-likeness (QED) is 0.245. The zero-order valence-corrected chi connectivity index (χ0v) is 11.8. The second-order valence-corrected chi connectivity index (χ2v) is 4.79. The van der Waals surface area contributed by atoms with Crippen molar-refractivity contribution >= 4 is 27.7 Å². The van der Waals surface area contributed by atoms with Gasteiger partial charge >= 0.3 is 0 Å². The summed E-state index contributed by atoms with van der Waals surface area (Å²) in [4.78, 5) is 11.7. The van der Waals surface area contributed by atoms with E-state index in [2.05, 4.69) is 26.4 Å². The zero-order chi connectivity index (χ0) is 14.3. The first kappa shape index (κ1) is 15.4. The van der Waals surface area contributed by atoms with Crippen molar-refractivity contribution in [1.29, 1.82) is 0 Å². The zero-order valence-electron chi connectivity index (χ0n) is 10.2. The molecule has 19 heavy (non-hydrogen) atoms. The maximum Gasteiger partial charge on any atom is 0.251 e. The van der Waals surface area contributed by atoms with Gasteiger partial charge in [0.15, 0.2) is 0 Å². The van der Waals surface area contributed by atoms with Crippen LogP contribution in [0.25, 0.3) is 0 Å². The van der Waals surface area contributed by atoms with Crippen LogP contribution in [-0.2, 0) is 0 Å². The van der Waals surface area contributed by atoms with E-state index in [0.29, 0.717) is 31.4 Å². The molecule has 104 valence electrons. The largest absolute Gasteiger partial charge is 0.409 e. The van der Waals surface area contributed by atoms with Crippen molar-refractivity contribution in [2.45, 2.75) is 19.3 Å². The Hall–Kier alpha value is -1.63. The fourth-order valence-corrected chi connectivity index (χ4v) is 1.80. The molecular formula is C12H15BrFN3O2. The van der Waals surface area contributed by atoms with E-state index in [1.807, 2.05) is 0 Å². The van der Waals surface area contributed by atoms with E-state index in [4.69, 9.17) is 10.9 Å². The van der Waals surface area contributed by atoms with Crippen molar-refractivity contribution in [2.75, 3.05) is 6.54 Å². The first-order chi connectivity index (χ1) is 9.04. The topological polar surface area (TPSA) is 87.7 Å². The van der Waals surface area contributed by atoms with E-state index in [0.717, 1.165) is 0 Å². The smallest absolute Gasteiger partial charge is 0.251 e. The second-order valence-electron chi connectivity index (χ2n) is 3.93. The van der Waals surface area contributed by atoms with E-state index < -0.39 is 5.82 Å². The molecule has 0 radical (unpaired) electrons. The lowest BCUT2D eigenvalue weighted by Gasteiger charge is -2.05. The van der Waals surface area contributed by atoms with Gasteiger partial charge in [-0.05, 0) is 47.0 Å². The second kappa shape index (κ2) is 7.73. The van der Waals surface area contributed by atoms with Crippen LogP contribution in [0, 0.1) is 5.82 Å². The average molecular weight is 332 g/mol. The third-order valence-corrected chi connectivity index (χ3v) is 3.06. The first-order valence-corrected chi connectivity index (χ1v) is 6.53. The van der Waals surface area contributed by atoms with Gasteiger partial charge in [0, 0.05) is 18.5 Å². The van der Waals surface area contributed by atoms with Gasteiger partial charge in [-0.3, -0.25) is 4.79 Å². The molecule has 0 spiro atoms. The Bertz CT molecular complexity index is 480. The van der Waals surface area contributed by atoms with Crippen LogP contribution in [0.1, 0.15) is 29.6 Å². The predicted molar refractivity (Wildman–Crippen MR) is 73.7 cm³/mol. The number of amidine groups is 1. The molecule has 4 N–H and O–H groups in total. The highest BCUT2D eigenvalue weighted by atomic mass is 79.9. The summed E-state index contributed by atoms with van der Waals surface area (Å²) >= 11 is 3.03. The summed E-state index contributed by atoms with van der Waals surface area (Å²) in [5, 5.41) is 13.9. The first-order valence-electron chi connectivity index (χ1n) is 5.74. The van der Waals surface area contributed by atoms with Crippen LogP contribution >= 0.6 is 15.9 Å². The van der Waals surface area contributed by atoms with E-state index in [1.54, 1.807) is 0 Å².